The van der Waals surface area contributed by atoms with Crippen LogP contribution in [0.2, 0.25) is 0 Å². The van der Waals surface area contributed by atoms with Gasteiger partial charge in [0.1, 0.15) is 0 Å². The molecule has 0 aromatic carbocycles. The highest BCUT2D eigenvalue weighted by atomic mass is 31.2. The van der Waals surface area contributed by atoms with Crippen molar-refractivity contribution in [3.8, 4) is 6.07 Å². The Hall–Kier alpha value is -0.280. The first-order chi connectivity index (χ1) is 10.5. The molecule has 0 spiro atoms. The zero-order valence-electron chi connectivity index (χ0n) is 14.5. The smallest absolute Gasteiger partial charge is 0.259 e. The highest BCUT2D eigenvalue weighted by Crippen LogP contribution is 2.46. The maximum absolute atomic E-state index is 8.66. The van der Waals surface area contributed by atoms with Gasteiger partial charge in [0.15, 0.2) is 0 Å². The Morgan fingerprint density at radius 2 is 1.64 bits per heavy atom. The van der Waals surface area contributed by atoms with E-state index in [9.17, 15) is 0 Å². The van der Waals surface area contributed by atoms with Gasteiger partial charge in [-0.1, -0.05) is 12.8 Å². The van der Waals surface area contributed by atoms with E-state index < -0.39 is 8.53 Å². The first-order valence-electron chi connectivity index (χ1n) is 8.19. The Morgan fingerprint density at radius 1 is 1.05 bits per heavy atom. The molecular formula is C15H33N4O2P. The summed E-state index contributed by atoms with van der Waals surface area (Å²) >= 11 is 0. The molecule has 6 nitrogen and oxygen atoms in total. The number of hydrazine groups is 1. The zero-order chi connectivity index (χ0) is 16.8. The number of nitrogens with zero attached hydrogens (tertiary/aromatic N) is 2. The summed E-state index contributed by atoms with van der Waals surface area (Å²) in [4.78, 5) is 0. The van der Waals surface area contributed by atoms with Crippen molar-refractivity contribution in [1.82, 2.24) is 10.1 Å². The van der Waals surface area contributed by atoms with Gasteiger partial charge >= 0.3 is 0 Å². The van der Waals surface area contributed by atoms with Gasteiger partial charge in [-0.15, -0.1) is 0 Å². The van der Waals surface area contributed by atoms with Crippen LogP contribution >= 0.6 is 8.53 Å². The number of nitriles is 1. The largest absolute Gasteiger partial charge is 0.322 e. The number of hydrogen-bond acceptors (Lipinski definition) is 6. The molecule has 0 rings (SSSR count). The summed E-state index contributed by atoms with van der Waals surface area (Å²) < 4.78 is 14.1. The Labute approximate surface area is 137 Å². The quantitative estimate of drug-likeness (QED) is 0.220. The van der Waals surface area contributed by atoms with Crippen LogP contribution in [0, 0.1) is 11.3 Å². The average molecular weight is 332 g/mol. The molecule has 3 N–H and O–H groups in total. The van der Waals surface area contributed by atoms with Crippen molar-refractivity contribution in [3.63, 3.8) is 0 Å². The summed E-state index contributed by atoms with van der Waals surface area (Å²) in [5.74, 6) is 5.24. The molecule has 0 aromatic heterocycles. The molecule has 0 fully saturated rings. The molecule has 0 aliphatic heterocycles. The van der Waals surface area contributed by atoms with E-state index in [1.54, 1.807) is 0 Å². The second kappa shape index (κ2) is 14.3. The molecule has 130 valence electrons. The van der Waals surface area contributed by atoms with Crippen molar-refractivity contribution < 1.29 is 9.05 Å². The maximum Gasteiger partial charge on any atom is 0.259 e. The molecule has 0 saturated carbocycles. The second-order valence-electron chi connectivity index (χ2n) is 5.75. The summed E-state index contributed by atoms with van der Waals surface area (Å²) in [6.07, 6.45) is 4.80. The van der Waals surface area contributed by atoms with Gasteiger partial charge < -0.3 is 9.05 Å². The molecule has 0 aliphatic rings. The average Bonchev–Trinajstić information content (AvgIpc) is 2.45. The Morgan fingerprint density at radius 3 is 2.18 bits per heavy atom. The third-order valence-corrected chi connectivity index (χ3v) is 5.19. The highest BCUT2D eigenvalue weighted by Gasteiger charge is 2.26. The minimum atomic E-state index is -1.09. The van der Waals surface area contributed by atoms with Crippen LogP contribution in [0.15, 0.2) is 0 Å². The van der Waals surface area contributed by atoms with Gasteiger partial charge in [-0.2, -0.15) is 5.26 Å². The van der Waals surface area contributed by atoms with Crippen LogP contribution in [0.4, 0.5) is 0 Å². The Kier molecular flexibility index (Phi) is 14.1. The summed E-state index contributed by atoms with van der Waals surface area (Å²) in [5, 5.41) is 8.66. The molecule has 0 amide bonds. The fourth-order valence-electron chi connectivity index (χ4n) is 2.14. The van der Waals surface area contributed by atoms with Crippen LogP contribution in [0.5, 0.6) is 0 Å². The fourth-order valence-corrected chi connectivity index (χ4v) is 3.77. The summed E-state index contributed by atoms with van der Waals surface area (Å²) in [6.45, 7) is 10.6. The van der Waals surface area contributed by atoms with Crippen molar-refractivity contribution in [2.24, 2.45) is 5.84 Å². The van der Waals surface area contributed by atoms with Crippen LogP contribution < -0.4 is 11.3 Å². The van der Waals surface area contributed by atoms with Gasteiger partial charge in [0, 0.05) is 18.6 Å². The van der Waals surface area contributed by atoms with Crippen molar-refractivity contribution in [1.29, 1.82) is 5.26 Å². The third kappa shape index (κ3) is 10.4. The molecule has 22 heavy (non-hydrogen) atoms. The predicted molar refractivity (Wildman–Crippen MR) is 91.8 cm³/mol. The van der Waals surface area contributed by atoms with Gasteiger partial charge in [-0.05, 0) is 40.5 Å². The van der Waals surface area contributed by atoms with E-state index in [1.807, 2.05) is 0 Å². The predicted octanol–water partition coefficient (Wildman–Crippen LogP) is 3.30. The molecule has 0 bridgehead atoms. The minimum absolute atomic E-state index is 0.351. The molecule has 0 saturated heterocycles. The lowest BCUT2D eigenvalue weighted by atomic mass is 10.2. The maximum atomic E-state index is 8.66. The second-order valence-corrected chi connectivity index (χ2v) is 7.20. The van der Waals surface area contributed by atoms with Gasteiger partial charge in [0.25, 0.3) is 8.53 Å². The molecule has 1 atom stereocenters. The minimum Gasteiger partial charge on any atom is -0.322 e. The van der Waals surface area contributed by atoms with Gasteiger partial charge in [-0.25, -0.2) is 4.67 Å². The lowest BCUT2D eigenvalue weighted by Crippen LogP contribution is -2.33. The van der Waals surface area contributed by atoms with Crippen molar-refractivity contribution in [3.05, 3.63) is 0 Å². The van der Waals surface area contributed by atoms with E-state index in [0.717, 1.165) is 32.2 Å². The van der Waals surface area contributed by atoms with Gasteiger partial charge in [0.2, 0.25) is 0 Å². The zero-order valence-corrected chi connectivity index (χ0v) is 15.4. The van der Waals surface area contributed by atoms with Crippen molar-refractivity contribution in [2.45, 2.75) is 71.9 Å². The Balaban J connectivity index is 4.20. The molecule has 0 radical (unpaired) electrons. The number of rotatable bonds is 14. The lowest BCUT2D eigenvalue weighted by Gasteiger charge is -2.35. The van der Waals surface area contributed by atoms with E-state index in [-0.39, 0.29) is 0 Å². The molecule has 0 aromatic rings. The SMILES string of the molecule is CC(C)N(C(C)C)P(OCCC#N)OCCCCCCNN. The summed E-state index contributed by atoms with van der Waals surface area (Å²) in [6, 6.07) is 2.81. The number of unbranched alkanes of at least 4 members (excludes halogenated alkanes) is 3. The van der Waals surface area contributed by atoms with Crippen LogP contribution in [-0.4, -0.2) is 36.5 Å². The molecule has 1 unspecified atom stereocenters. The first-order valence-corrected chi connectivity index (χ1v) is 9.32. The van der Waals surface area contributed by atoms with E-state index in [2.05, 4.69) is 43.9 Å². The first kappa shape index (κ1) is 21.7. The van der Waals surface area contributed by atoms with E-state index in [4.69, 9.17) is 20.2 Å². The van der Waals surface area contributed by atoms with E-state index >= 15 is 0 Å². The normalized spacial score (nSPS) is 13.0. The molecular weight excluding hydrogens is 299 g/mol. The number of nitrogens with two attached hydrogens (primary N) is 1. The van der Waals surface area contributed by atoms with Crippen LogP contribution in [-0.2, 0) is 9.05 Å². The van der Waals surface area contributed by atoms with E-state index in [0.29, 0.717) is 31.7 Å². The fraction of sp³-hybridized carbons (Fsp3) is 0.933. The van der Waals surface area contributed by atoms with Gasteiger partial charge in [-0.3, -0.25) is 11.3 Å². The number of nitrogens with one attached hydrogen (secondary N) is 1. The van der Waals surface area contributed by atoms with Crippen molar-refractivity contribution >= 4 is 8.53 Å². The summed E-state index contributed by atoms with van der Waals surface area (Å²) in [7, 11) is -1.09. The van der Waals surface area contributed by atoms with E-state index in [1.165, 1.54) is 0 Å². The van der Waals surface area contributed by atoms with Crippen LogP contribution in [0.3, 0.4) is 0 Å². The highest BCUT2D eigenvalue weighted by molar-refractivity contribution is 7.44. The number of hydrogen-bond donors (Lipinski definition) is 2. The standard InChI is InChI=1S/C15H33N4O2P/c1-14(2)19(15(3)4)22(21-13-9-10-16)20-12-8-6-5-7-11-18-17/h14-15,18H,5-9,11-13,17H2,1-4H3. The topological polar surface area (TPSA) is 83.5 Å². The molecule has 7 heteroatoms. The molecule has 0 heterocycles. The van der Waals surface area contributed by atoms with Crippen LogP contribution in [0.25, 0.3) is 0 Å². The lowest BCUT2D eigenvalue weighted by molar-refractivity contribution is 0.174. The third-order valence-electron chi connectivity index (χ3n) is 3.08. The summed E-state index contributed by atoms with van der Waals surface area (Å²) in [5.41, 5.74) is 2.66. The van der Waals surface area contributed by atoms with Crippen molar-refractivity contribution in [2.75, 3.05) is 19.8 Å². The van der Waals surface area contributed by atoms with Crippen LogP contribution in [0.1, 0.15) is 59.8 Å². The van der Waals surface area contributed by atoms with Gasteiger partial charge in [0.05, 0.1) is 25.7 Å². The molecule has 0 aliphatic carbocycles. The Bertz CT molecular complexity index is 290. The monoisotopic (exact) mass is 332 g/mol.